The number of imidazole rings is 1. The number of aryl methyl sites for hydroxylation is 1. The van der Waals surface area contributed by atoms with E-state index in [1.807, 2.05) is 11.6 Å². The summed E-state index contributed by atoms with van der Waals surface area (Å²) in [5, 5.41) is 0. The fraction of sp³-hybridized carbons (Fsp3) is 0.125. The number of nitrogen functional groups attached to an aromatic ring is 1. The Morgan fingerprint density at radius 2 is 2.21 bits per heavy atom. The molecule has 0 spiro atoms. The Hall–Kier alpha value is -1.43. The molecule has 0 fully saturated rings. The third-order valence-electron chi connectivity index (χ3n) is 1.81. The first-order valence-electron chi connectivity index (χ1n) is 3.93. The summed E-state index contributed by atoms with van der Waals surface area (Å²) >= 11 is 3.32. The van der Waals surface area contributed by atoms with E-state index in [9.17, 15) is 0 Å². The van der Waals surface area contributed by atoms with E-state index < -0.39 is 0 Å². The highest BCUT2D eigenvalue weighted by Gasteiger charge is 2.09. The summed E-state index contributed by atoms with van der Waals surface area (Å²) in [7, 11) is 1.89. The van der Waals surface area contributed by atoms with Crippen molar-refractivity contribution in [3.63, 3.8) is 0 Å². The van der Waals surface area contributed by atoms with Crippen molar-refractivity contribution in [1.82, 2.24) is 19.5 Å². The van der Waals surface area contributed by atoms with E-state index in [2.05, 4.69) is 30.9 Å². The summed E-state index contributed by atoms with van der Waals surface area (Å²) in [4.78, 5) is 12.2. The van der Waals surface area contributed by atoms with Crippen molar-refractivity contribution in [3.8, 4) is 11.4 Å². The maximum atomic E-state index is 5.56. The molecular formula is C8H8BrN5. The lowest BCUT2D eigenvalue weighted by Gasteiger charge is -2.03. The number of nitrogens with zero attached hydrogens (tertiary/aromatic N) is 4. The molecule has 0 amide bonds. The van der Waals surface area contributed by atoms with Crippen LogP contribution in [-0.2, 0) is 7.05 Å². The standard InChI is InChI=1S/C8H8BrN5/c1-14-4-11-2-5(14)7-8(9)12-3-6(10)13-7/h2-4H,1H3,(H2,10,13). The van der Waals surface area contributed by atoms with E-state index in [4.69, 9.17) is 5.73 Å². The number of hydrogen-bond donors (Lipinski definition) is 1. The molecule has 2 aromatic rings. The van der Waals surface area contributed by atoms with Gasteiger partial charge in [0.25, 0.3) is 0 Å². The molecule has 14 heavy (non-hydrogen) atoms. The molecule has 5 nitrogen and oxygen atoms in total. The summed E-state index contributed by atoms with van der Waals surface area (Å²) in [5.74, 6) is 0.393. The lowest BCUT2D eigenvalue weighted by atomic mass is 10.3. The largest absolute Gasteiger partial charge is 0.382 e. The van der Waals surface area contributed by atoms with Crippen LogP contribution < -0.4 is 5.73 Å². The van der Waals surface area contributed by atoms with Crippen LogP contribution in [0.4, 0.5) is 5.82 Å². The maximum absolute atomic E-state index is 5.56. The molecule has 2 heterocycles. The van der Waals surface area contributed by atoms with Crippen LogP contribution in [0.15, 0.2) is 23.3 Å². The maximum Gasteiger partial charge on any atom is 0.142 e. The second-order valence-electron chi connectivity index (χ2n) is 2.82. The molecule has 2 rings (SSSR count). The molecule has 0 bridgehead atoms. The molecule has 0 atom stereocenters. The van der Waals surface area contributed by atoms with E-state index >= 15 is 0 Å². The van der Waals surface area contributed by atoms with Gasteiger partial charge in [-0.3, -0.25) is 0 Å². The van der Waals surface area contributed by atoms with Gasteiger partial charge in [-0.25, -0.2) is 15.0 Å². The summed E-state index contributed by atoms with van der Waals surface area (Å²) < 4.78 is 2.52. The number of rotatable bonds is 1. The highest BCUT2D eigenvalue weighted by molar-refractivity contribution is 9.10. The Morgan fingerprint density at radius 3 is 2.86 bits per heavy atom. The quantitative estimate of drug-likeness (QED) is 0.830. The summed E-state index contributed by atoms with van der Waals surface area (Å²) in [5.41, 5.74) is 7.13. The topological polar surface area (TPSA) is 69.6 Å². The van der Waals surface area contributed by atoms with Crippen molar-refractivity contribution in [2.24, 2.45) is 7.05 Å². The van der Waals surface area contributed by atoms with Crippen LogP contribution >= 0.6 is 15.9 Å². The molecule has 0 aliphatic rings. The van der Waals surface area contributed by atoms with Gasteiger partial charge < -0.3 is 10.3 Å². The normalized spacial score (nSPS) is 10.4. The predicted octanol–water partition coefficient (Wildman–Crippen LogP) is 1.22. The molecule has 0 unspecified atom stereocenters. The Kier molecular flexibility index (Phi) is 2.20. The van der Waals surface area contributed by atoms with Crippen LogP contribution in [0, 0.1) is 0 Å². The second kappa shape index (κ2) is 3.38. The first kappa shape index (κ1) is 9.14. The molecule has 6 heteroatoms. The lowest BCUT2D eigenvalue weighted by Crippen LogP contribution is -1.98. The van der Waals surface area contributed by atoms with Gasteiger partial charge in [-0.15, -0.1) is 0 Å². The molecule has 0 saturated heterocycles. The Labute approximate surface area is 89.1 Å². The van der Waals surface area contributed by atoms with E-state index in [-0.39, 0.29) is 0 Å². The first-order valence-corrected chi connectivity index (χ1v) is 4.72. The smallest absolute Gasteiger partial charge is 0.142 e. The zero-order chi connectivity index (χ0) is 10.1. The van der Waals surface area contributed by atoms with Crippen LogP contribution in [0.3, 0.4) is 0 Å². The number of hydrogen-bond acceptors (Lipinski definition) is 4. The van der Waals surface area contributed by atoms with Gasteiger partial charge in [-0.2, -0.15) is 0 Å². The number of halogens is 1. The molecule has 0 aliphatic heterocycles. The van der Waals surface area contributed by atoms with Crippen molar-refractivity contribution < 1.29 is 0 Å². The van der Waals surface area contributed by atoms with Crippen molar-refractivity contribution in [3.05, 3.63) is 23.3 Å². The minimum absolute atomic E-state index is 0.393. The third-order valence-corrected chi connectivity index (χ3v) is 2.39. The molecule has 0 radical (unpaired) electrons. The van der Waals surface area contributed by atoms with Crippen LogP contribution in [0.5, 0.6) is 0 Å². The molecule has 0 aromatic carbocycles. The van der Waals surface area contributed by atoms with Crippen molar-refractivity contribution in [2.75, 3.05) is 5.73 Å². The minimum Gasteiger partial charge on any atom is -0.382 e. The average molecular weight is 254 g/mol. The van der Waals surface area contributed by atoms with E-state index in [1.54, 1.807) is 12.5 Å². The van der Waals surface area contributed by atoms with Gasteiger partial charge in [0.1, 0.15) is 16.1 Å². The van der Waals surface area contributed by atoms with Crippen molar-refractivity contribution in [1.29, 1.82) is 0 Å². The fourth-order valence-corrected chi connectivity index (χ4v) is 1.53. The van der Waals surface area contributed by atoms with E-state index in [0.29, 0.717) is 16.1 Å². The first-order chi connectivity index (χ1) is 6.68. The zero-order valence-electron chi connectivity index (χ0n) is 7.48. The Bertz CT molecular complexity index is 465. The van der Waals surface area contributed by atoms with Gasteiger partial charge in [-0.05, 0) is 15.9 Å². The van der Waals surface area contributed by atoms with Crippen LogP contribution in [0.2, 0.25) is 0 Å². The number of aromatic nitrogens is 4. The zero-order valence-corrected chi connectivity index (χ0v) is 9.06. The highest BCUT2D eigenvalue weighted by atomic mass is 79.9. The Morgan fingerprint density at radius 1 is 1.43 bits per heavy atom. The average Bonchev–Trinajstić information content (AvgIpc) is 2.56. The van der Waals surface area contributed by atoms with Gasteiger partial charge >= 0.3 is 0 Å². The van der Waals surface area contributed by atoms with Gasteiger partial charge in [0.2, 0.25) is 0 Å². The Balaban J connectivity index is 2.62. The molecular weight excluding hydrogens is 246 g/mol. The van der Waals surface area contributed by atoms with Gasteiger partial charge in [-0.1, -0.05) is 0 Å². The van der Waals surface area contributed by atoms with Gasteiger partial charge in [0.05, 0.1) is 24.4 Å². The summed E-state index contributed by atoms with van der Waals surface area (Å²) in [6.07, 6.45) is 4.92. The van der Waals surface area contributed by atoms with Gasteiger partial charge in [0.15, 0.2) is 0 Å². The van der Waals surface area contributed by atoms with Gasteiger partial charge in [0, 0.05) is 7.05 Å². The lowest BCUT2D eigenvalue weighted by molar-refractivity contribution is 0.913. The fourth-order valence-electron chi connectivity index (χ4n) is 1.14. The third kappa shape index (κ3) is 1.48. The monoisotopic (exact) mass is 253 g/mol. The molecule has 2 aromatic heterocycles. The number of nitrogens with two attached hydrogens (primary N) is 1. The SMILES string of the molecule is Cn1cncc1-c1nc(N)cnc1Br. The molecule has 72 valence electrons. The predicted molar refractivity (Wildman–Crippen MR) is 56.3 cm³/mol. The van der Waals surface area contributed by atoms with Crippen LogP contribution in [-0.4, -0.2) is 19.5 Å². The molecule has 2 N–H and O–H groups in total. The van der Waals surface area contributed by atoms with Crippen molar-refractivity contribution in [2.45, 2.75) is 0 Å². The molecule has 0 aliphatic carbocycles. The summed E-state index contributed by atoms with van der Waals surface area (Å²) in [6, 6.07) is 0. The summed E-state index contributed by atoms with van der Waals surface area (Å²) in [6.45, 7) is 0. The highest BCUT2D eigenvalue weighted by Crippen LogP contribution is 2.23. The second-order valence-corrected chi connectivity index (χ2v) is 3.58. The number of anilines is 1. The van der Waals surface area contributed by atoms with E-state index in [0.717, 1.165) is 5.69 Å². The molecule has 0 saturated carbocycles. The van der Waals surface area contributed by atoms with E-state index in [1.165, 1.54) is 6.20 Å². The van der Waals surface area contributed by atoms with Crippen LogP contribution in [0.1, 0.15) is 0 Å². The minimum atomic E-state index is 0.393. The van der Waals surface area contributed by atoms with Crippen LogP contribution in [0.25, 0.3) is 11.4 Å². The van der Waals surface area contributed by atoms with Crippen molar-refractivity contribution >= 4 is 21.7 Å².